The molecule has 0 radical (unpaired) electrons. The van der Waals surface area contributed by atoms with Gasteiger partial charge in [-0.1, -0.05) is 12.1 Å². The average Bonchev–Trinajstić information content (AvgIpc) is 2.37. The van der Waals surface area contributed by atoms with Crippen LogP contribution in [0, 0.1) is 20.8 Å². The van der Waals surface area contributed by atoms with E-state index in [0.717, 1.165) is 32.6 Å². The summed E-state index contributed by atoms with van der Waals surface area (Å²) in [5.74, 6) is 0. The van der Waals surface area contributed by atoms with Crippen molar-refractivity contribution < 1.29 is 0 Å². The summed E-state index contributed by atoms with van der Waals surface area (Å²) in [7, 11) is 0. The van der Waals surface area contributed by atoms with Gasteiger partial charge >= 0.3 is 0 Å². The molecule has 1 aromatic heterocycles. The summed E-state index contributed by atoms with van der Waals surface area (Å²) in [6.07, 6.45) is 0. The van der Waals surface area contributed by atoms with Gasteiger partial charge in [0.1, 0.15) is 0 Å². The fraction of sp³-hybridized carbons (Fsp3) is 0.286. The normalized spacial score (nSPS) is 10.7. The predicted octanol–water partition coefficient (Wildman–Crippen LogP) is 3.01. The van der Waals surface area contributed by atoms with Crippen LogP contribution in [0.5, 0.6) is 0 Å². The maximum absolute atomic E-state index is 5.58. The van der Waals surface area contributed by atoms with Crippen LogP contribution in [0.4, 0.5) is 0 Å². The Morgan fingerprint density at radius 3 is 2.06 bits per heavy atom. The van der Waals surface area contributed by atoms with Gasteiger partial charge in [0, 0.05) is 22.8 Å². The fourth-order valence-electron chi connectivity index (χ4n) is 1.59. The molecule has 0 saturated carbocycles. The van der Waals surface area contributed by atoms with Crippen molar-refractivity contribution in [1.29, 1.82) is 0 Å². The second kappa shape index (κ2) is 5.50. The molecule has 0 spiro atoms. The molecule has 2 N–H and O–H groups in total. The molecule has 0 aliphatic rings. The minimum atomic E-state index is 0.574. The van der Waals surface area contributed by atoms with Crippen LogP contribution in [0.2, 0.25) is 0 Å². The molecule has 0 saturated heterocycles. The number of nitrogens with two attached hydrogens (primary N) is 1. The zero-order chi connectivity index (χ0) is 13.1. The molecule has 18 heavy (non-hydrogen) atoms. The summed E-state index contributed by atoms with van der Waals surface area (Å²) < 4.78 is 0. The van der Waals surface area contributed by atoms with Crippen LogP contribution in [-0.4, -0.2) is 9.97 Å². The molecule has 94 valence electrons. The Morgan fingerprint density at radius 1 is 1.00 bits per heavy atom. The molecule has 2 rings (SSSR count). The van der Waals surface area contributed by atoms with Crippen LogP contribution in [0.1, 0.15) is 22.5 Å². The molecule has 0 unspecified atom stereocenters. The van der Waals surface area contributed by atoms with Crippen LogP contribution in [-0.2, 0) is 6.54 Å². The SMILES string of the molecule is Cc1nc(Sc2ccc(CN)cc2)nc(C)c1C. The summed E-state index contributed by atoms with van der Waals surface area (Å²) in [5.41, 5.74) is 9.97. The Balaban J connectivity index is 2.23. The molecule has 3 nitrogen and oxygen atoms in total. The first-order valence-electron chi connectivity index (χ1n) is 5.89. The summed E-state index contributed by atoms with van der Waals surface area (Å²) in [5, 5.41) is 0.802. The predicted molar refractivity (Wildman–Crippen MR) is 74.7 cm³/mol. The van der Waals surface area contributed by atoms with Gasteiger partial charge in [-0.2, -0.15) is 0 Å². The van der Waals surface area contributed by atoms with Gasteiger partial charge in [-0.25, -0.2) is 9.97 Å². The van der Waals surface area contributed by atoms with Gasteiger partial charge in [-0.05, 0) is 55.8 Å². The molecule has 0 amide bonds. The zero-order valence-electron chi connectivity index (χ0n) is 10.9. The lowest BCUT2D eigenvalue weighted by molar-refractivity contribution is 0.881. The molecule has 2 aromatic rings. The number of hydrogen-bond donors (Lipinski definition) is 1. The number of rotatable bonds is 3. The smallest absolute Gasteiger partial charge is 0.192 e. The summed E-state index contributed by atoms with van der Waals surface area (Å²) in [6.45, 7) is 6.66. The Hall–Kier alpha value is -1.39. The molecular formula is C14H17N3S. The van der Waals surface area contributed by atoms with E-state index < -0.39 is 0 Å². The van der Waals surface area contributed by atoms with Crippen molar-refractivity contribution in [3.8, 4) is 0 Å². The van der Waals surface area contributed by atoms with E-state index in [-0.39, 0.29) is 0 Å². The third-order valence-electron chi connectivity index (χ3n) is 2.98. The average molecular weight is 259 g/mol. The quantitative estimate of drug-likeness (QED) is 0.861. The van der Waals surface area contributed by atoms with Crippen molar-refractivity contribution in [3.05, 3.63) is 46.8 Å². The number of aromatic nitrogens is 2. The minimum absolute atomic E-state index is 0.574. The molecule has 0 aliphatic carbocycles. The third kappa shape index (κ3) is 2.89. The number of nitrogens with zero attached hydrogens (tertiary/aromatic N) is 2. The lowest BCUT2D eigenvalue weighted by Gasteiger charge is -2.07. The molecular weight excluding hydrogens is 242 g/mol. The highest BCUT2D eigenvalue weighted by Crippen LogP contribution is 2.26. The Labute approximate surface area is 112 Å². The Kier molecular flexibility index (Phi) is 3.99. The molecule has 0 aliphatic heterocycles. The van der Waals surface area contributed by atoms with Crippen molar-refractivity contribution in [2.75, 3.05) is 0 Å². The number of hydrogen-bond acceptors (Lipinski definition) is 4. The van der Waals surface area contributed by atoms with E-state index >= 15 is 0 Å². The lowest BCUT2D eigenvalue weighted by atomic mass is 10.2. The van der Waals surface area contributed by atoms with E-state index in [0.29, 0.717) is 6.54 Å². The van der Waals surface area contributed by atoms with Crippen LogP contribution in [0.3, 0.4) is 0 Å². The number of aryl methyl sites for hydroxylation is 2. The molecule has 1 heterocycles. The summed E-state index contributed by atoms with van der Waals surface area (Å²) in [4.78, 5) is 10.1. The lowest BCUT2D eigenvalue weighted by Crippen LogP contribution is -1.98. The minimum Gasteiger partial charge on any atom is -0.326 e. The van der Waals surface area contributed by atoms with E-state index in [4.69, 9.17) is 5.73 Å². The highest BCUT2D eigenvalue weighted by Gasteiger charge is 2.06. The highest BCUT2D eigenvalue weighted by atomic mass is 32.2. The van der Waals surface area contributed by atoms with Crippen molar-refractivity contribution >= 4 is 11.8 Å². The van der Waals surface area contributed by atoms with E-state index in [2.05, 4.69) is 29.0 Å². The molecule has 1 aromatic carbocycles. The first kappa shape index (κ1) is 13.1. The zero-order valence-corrected chi connectivity index (χ0v) is 11.7. The van der Waals surface area contributed by atoms with Crippen LogP contribution >= 0.6 is 11.8 Å². The van der Waals surface area contributed by atoms with E-state index in [1.807, 2.05) is 26.0 Å². The van der Waals surface area contributed by atoms with Gasteiger partial charge in [-0.3, -0.25) is 0 Å². The second-order valence-corrected chi connectivity index (χ2v) is 5.29. The van der Waals surface area contributed by atoms with E-state index in [1.165, 1.54) is 0 Å². The fourth-order valence-corrected chi connectivity index (χ4v) is 2.43. The van der Waals surface area contributed by atoms with Crippen LogP contribution in [0.15, 0.2) is 34.3 Å². The Morgan fingerprint density at radius 2 is 1.56 bits per heavy atom. The van der Waals surface area contributed by atoms with Gasteiger partial charge < -0.3 is 5.73 Å². The maximum Gasteiger partial charge on any atom is 0.192 e. The van der Waals surface area contributed by atoms with Gasteiger partial charge in [-0.15, -0.1) is 0 Å². The first-order valence-corrected chi connectivity index (χ1v) is 6.70. The van der Waals surface area contributed by atoms with Crippen molar-refractivity contribution in [3.63, 3.8) is 0 Å². The van der Waals surface area contributed by atoms with Gasteiger partial charge in [0.15, 0.2) is 5.16 Å². The highest BCUT2D eigenvalue weighted by molar-refractivity contribution is 7.99. The topological polar surface area (TPSA) is 51.8 Å². The largest absolute Gasteiger partial charge is 0.326 e. The van der Waals surface area contributed by atoms with Gasteiger partial charge in [0.2, 0.25) is 0 Å². The molecule has 0 fully saturated rings. The van der Waals surface area contributed by atoms with E-state index in [1.54, 1.807) is 11.8 Å². The van der Waals surface area contributed by atoms with Crippen molar-refractivity contribution in [2.24, 2.45) is 5.73 Å². The van der Waals surface area contributed by atoms with Gasteiger partial charge in [0.25, 0.3) is 0 Å². The first-order chi connectivity index (χ1) is 8.60. The monoisotopic (exact) mass is 259 g/mol. The van der Waals surface area contributed by atoms with Crippen LogP contribution in [0.25, 0.3) is 0 Å². The number of benzene rings is 1. The third-order valence-corrected chi connectivity index (χ3v) is 3.85. The second-order valence-electron chi connectivity index (χ2n) is 4.25. The maximum atomic E-state index is 5.58. The van der Waals surface area contributed by atoms with E-state index in [9.17, 15) is 0 Å². The molecule has 0 atom stereocenters. The molecule has 4 heteroatoms. The van der Waals surface area contributed by atoms with Gasteiger partial charge in [0.05, 0.1) is 0 Å². The summed E-state index contributed by atoms with van der Waals surface area (Å²) >= 11 is 1.58. The Bertz CT molecular complexity index is 526. The van der Waals surface area contributed by atoms with Crippen molar-refractivity contribution in [1.82, 2.24) is 9.97 Å². The standard InChI is InChI=1S/C14H17N3S/c1-9-10(2)16-14(17-11(9)3)18-13-6-4-12(8-15)5-7-13/h4-7H,8,15H2,1-3H3. The summed E-state index contributed by atoms with van der Waals surface area (Å²) in [6, 6.07) is 8.19. The van der Waals surface area contributed by atoms with Crippen LogP contribution < -0.4 is 5.73 Å². The molecule has 0 bridgehead atoms. The van der Waals surface area contributed by atoms with Crippen molar-refractivity contribution in [2.45, 2.75) is 37.4 Å².